The van der Waals surface area contributed by atoms with E-state index in [4.69, 9.17) is 5.21 Å². The van der Waals surface area contributed by atoms with Gasteiger partial charge in [0.05, 0.1) is 0 Å². The summed E-state index contributed by atoms with van der Waals surface area (Å²) < 4.78 is 0. The van der Waals surface area contributed by atoms with Crippen LogP contribution in [0.25, 0.3) is 10.9 Å². The van der Waals surface area contributed by atoms with E-state index in [9.17, 15) is 14.4 Å². The van der Waals surface area contributed by atoms with Gasteiger partial charge in [-0.3, -0.25) is 19.6 Å². The Morgan fingerprint density at radius 2 is 1.50 bits per heavy atom. The van der Waals surface area contributed by atoms with Gasteiger partial charge in [-0.1, -0.05) is 48.5 Å². The summed E-state index contributed by atoms with van der Waals surface area (Å²) in [7, 11) is 0. The predicted molar refractivity (Wildman–Crippen MR) is 127 cm³/mol. The summed E-state index contributed by atoms with van der Waals surface area (Å²) in [6.45, 7) is 0.214. The van der Waals surface area contributed by atoms with Gasteiger partial charge in [-0.2, -0.15) is 0 Å². The van der Waals surface area contributed by atoms with Crippen molar-refractivity contribution in [3.63, 3.8) is 0 Å². The van der Waals surface area contributed by atoms with Crippen molar-refractivity contribution in [3.05, 3.63) is 107 Å². The van der Waals surface area contributed by atoms with Crippen molar-refractivity contribution in [1.82, 2.24) is 21.1 Å². The zero-order valence-corrected chi connectivity index (χ0v) is 18.2. The Morgan fingerprint density at radius 3 is 2.24 bits per heavy atom. The van der Waals surface area contributed by atoms with Crippen molar-refractivity contribution < 1.29 is 19.6 Å². The first-order chi connectivity index (χ1) is 16.5. The average molecular weight is 457 g/mol. The zero-order valence-electron chi connectivity index (χ0n) is 18.2. The number of rotatable bonds is 8. The molecule has 3 aromatic carbocycles. The van der Waals surface area contributed by atoms with Crippen LogP contribution in [-0.2, 0) is 17.8 Å². The smallest absolute Gasteiger partial charge is 0.274 e. The Morgan fingerprint density at radius 1 is 0.824 bits per heavy atom. The molecular weight excluding hydrogens is 432 g/mol. The number of amides is 3. The van der Waals surface area contributed by atoms with E-state index >= 15 is 0 Å². The number of benzene rings is 3. The first kappa shape index (κ1) is 22.8. The molecule has 8 heteroatoms. The summed E-state index contributed by atoms with van der Waals surface area (Å²) in [5.41, 5.74) is 4.99. The van der Waals surface area contributed by atoms with Crippen LogP contribution in [0.1, 0.15) is 31.8 Å². The topological polar surface area (TPSA) is 123 Å². The average Bonchev–Trinajstić information content (AvgIpc) is 3.30. The van der Waals surface area contributed by atoms with Crippen LogP contribution >= 0.6 is 0 Å². The third-order valence-electron chi connectivity index (χ3n) is 5.54. The largest absolute Gasteiger partial charge is 0.361 e. The molecule has 0 aliphatic heterocycles. The molecule has 3 amide bonds. The SMILES string of the molecule is O=C(NO)c1ccc(CNC(=O)C(Cc2c[nH]c3ccccc23)NC(=O)c2ccccc2)cc1. The fourth-order valence-electron chi connectivity index (χ4n) is 3.71. The van der Waals surface area contributed by atoms with Gasteiger partial charge >= 0.3 is 0 Å². The fourth-order valence-corrected chi connectivity index (χ4v) is 3.71. The third-order valence-corrected chi connectivity index (χ3v) is 5.54. The third kappa shape index (κ3) is 5.31. The summed E-state index contributed by atoms with van der Waals surface area (Å²) in [5.74, 6) is -1.27. The van der Waals surface area contributed by atoms with E-state index in [1.807, 2.05) is 36.5 Å². The fraction of sp³-hybridized carbons (Fsp3) is 0.115. The maximum atomic E-state index is 13.1. The lowest BCUT2D eigenvalue weighted by Crippen LogP contribution is -2.47. The summed E-state index contributed by atoms with van der Waals surface area (Å²) in [5, 5.41) is 15.4. The van der Waals surface area contributed by atoms with Gasteiger partial charge in [-0.25, -0.2) is 5.48 Å². The lowest BCUT2D eigenvalue weighted by molar-refractivity contribution is -0.123. The minimum atomic E-state index is -0.800. The van der Waals surface area contributed by atoms with Crippen LogP contribution in [0.15, 0.2) is 85.1 Å². The second-order valence-corrected chi connectivity index (χ2v) is 7.81. The van der Waals surface area contributed by atoms with E-state index < -0.39 is 11.9 Å². The van der Waals surface area contributed by atoms with Gasteiger partial charge in [0.25, 0.3) is 11.8 Å². The number of aromatic nitrogens is 1. The molecule has 4 rings (SSSR count). The molecular formula is C26H24N4O4. The van der Waals surface area contributed by atoms with Crippen LogP contribution in [0, 0.1) is 0 Å². The van der Waals surface area contributed by atoms with E-state index in [0.29, 0.717) is 17.5 Å². The molecule has 34 heavy (non-hydrogen) atoms. The molecule has 0 radical (unpaired) electrons. The normalized spacial score (nSPS) is 11.6. The Labute approximate surface area is 196 Å². The Balaban J connectivity index is 1.50. The molecule has 1 aromatic heterocycles. The molecule has 0 aliphatic carbocycles. The maximum absolute atomic E-state index is 13.1. The number of nitrogens with one attached hydrogen (secondary N) is 4. The molecule has 4 aromatic rings. The summed E-state index contributed by atoms with van der Waals surface area (Å²) in [6.07, 6.45) is 2.16. The van der Waals surface area contributed by atoms with Gasteiger partial charge in [0.15, 0.2) is 0 Å². The van der Waals surface area contributed by atoms with Gasteiger partial charge in [-0.15, -0.1) is 0 Å². The first-order valence-corrected chi connectivity index (χ1v) is 10.8. The molecule has 1 unspecified atom stereocenters. The molecule has 0 spiro atoms. The second kappa shape index (κ2) is 10.5. The number of carbonyl (C=O) groups excluding carboxylic acids is 3. The van der Waals surface area contributed by atoms with Gasteiger partial charge < -0.3 is 15.6 Å². The number of hydroxylamine groups is 1. The van der Waals surface area contributed by atoms with Gasteiger partial charge in [0.2, 0.25) is 5.91 Å². The van der Waals surface area contributed by atoms with Gasteiger partial charge in [0, 0.05) is 41.2 Å². The van der Waals surface area contributed by atoms with Gasteiger partial charge in [-0.05, 0) is 41.5 Å². The number of para-hydroxylation sites is 1. The minimum Gasteiger partial charge on any atom is -0.361 e. The van der Waals surface area contributed by atoms with Crippen LogP contribution in [0.2, 0.25) is 0 Å². The van der Waals surface area contributed by atoms with Crippen LogP contribution in [-0.4, -0.2) is 34.0 Å². The summed E-state index contributed by atoms with van der Waals surface area (Å²) in [4.78, 5) is 40.6. The van der Waals surface area contributed by atoms with Crippen molar-refractivity contribution in [2.75, 3.05) is 0 Å². The maximum Gasteiger partial charge on any atom is 0.274 e. The monoisotopic (exact) mass is 456 g/mol. The number of hydrogen-bond acceptors (Lipinski definition) is 4. The van der Waals surface area contributed by atoms with E-state index in [1.54, 1.807) is 54.0 Å². The van der Waals surface area contributed by atoms with Crippen molar-refractivity contribution >= 4 is 28.6 Å². The molecule has 1 heterocycles. The minimum absolute atomic E-state index is 0.214. The molecule has 0 fully saturated rings. The molecule has 8 nitrogen and oxygen atoms in total. The quantitative estimate of drug-likeness (QED) is 0.207. The molecule has 0 saturated heterocycles. The van der Waals surface area contributed by atoms with Crippen LogP contribution in [0.3, 0.4) is 0 Å². The lowest BCUT2D eigenvalue weighted by Gasteiger charge is -2.19. The highest BCUT2D eigenvalue weighted by molar-refractivity contribution is 5.98. The van der Waals surface area contributed by atoms with E-state index in [2.05, 4.69) is 15.6 Å². The number of hydrogen-bond donors (Lipinski definition) is 5. The van der Waals surface area contributed by atoms with Crippen molar-refractivity contribution in [2.45, 2.75) is 19.0 Å². The number of carbonyl (C=O) groups is 3. The summed E-state index contributed by atoms with van der Waals surface area (Å²) >= 11 is 0. The van der Waals surface area contributed by atoms with Crippen LogP contribution in [0.4, 0.5) is 0 Å². The van der Waals surface area contributed by atoms with Crippen LogP contribution in [0.5, 0.6) is 0 Å². The lowest BCUT2D eigenvalue weighted by atomic mass is 10.0. The van der Waals surface area contributed by atoms with E-state index in [1.165, 1.54) is 0 Å². The highest BCUT2D eigenvalue weighted by Crippen LogP contribution is 2.19. The molecule has 172 valence electrons. The Hall–Kier alpha value is -4.43. The van der Waals surface area contributed by atoms with Crippen molar-refractivity contribution in [3.8, 4) is 0 Å². The van der Waals surface area contributed by atoms with Crippen LogP contribution < -0.4 is 16.1 Å². The first-order valence-electron chi connectivity index (χ1n) is 10.8. The van der Waals surface area contributed by atoms with Crippen molar-refractivity contribution in [1.29, 1.82) is 0 Å². The Bertz CT molecular complexity index is 1300. The molecule has 5 N–H and O–H groups in total. The molecule has 1 atom stereocenters. The number of H-pyrrole nitrogens is 1. The second-order valence-electron chi connectivity index (χ2n) is 7.81. The highest BCUT2D eigenvalue weighted by Gasteiger charge is 2.23. The number of fused-ring (bicyclic) bond motifs is 1. The highest BCUT2D eigenvalue weighted by atomic mass is 16.5. The van der Waals surface area contributed by atoms with Gasteiger partial charge in [0.1, 0.15) is 6.04 Å². The standard InChI is InChI=1S/C26H24N4O4/c31-24(18-6-2-1-3-7-18)29-23(14-20-16-27-22-9-5-4-8-21(20)22)26(33)28-15-17-10-12-19(13-11-17)25(32)30-34/h1-13,16,23,27,34H,14-15H2,(H,28,33)(H,29,31)(H,30,32). The van der Waals surface area contributed by atoms with Crippen molar-refractivity contribution in [2.24, 2.45) is 0 Å². The molecule has 0 bridgehead atoms. The van der Waals surface area contributed by atoms with E-state index in [-0.39, 0.29) is 18.4 Å². The Kier molecular flexibility index (Phi) is 7.00. The zero-order chi connectivity index (χ0) is 23.9. The molecule has 0 saturated carbocycles. The van der Waals surface area contributed by atoms with E-state index in [0.717, 1.165) is 22.0 Å². The summed E-state index contributed by atoms with van der Waals surface area (Å²) in [6, 6.07) is 22.2. The predicted octanol–water partition coefficient (Wildman–Crippen LogP) is 2.94. The molecule has 0 aliphatic rings. The number of aromatic amines is 1.